The van der Waals surface area contributed by atoms with E-state index in [1.165, 1.54) is 18.7 Å². The van der Waals surface area contributed by atoms with Crippen LogP contribution in [0.25, 0.3) is 0 Å². The number of fused-ring (bicyclic) bond motifs is 1. The molecule has 0 amide bonds. The van der Waals surface area contributed by atoms with Crippen LogP contribution >= 0.6 is 0 Å². The molecule has 4 saturated heterocycles. The van der Waals surface area contributed by atoms with Gasteiger partial charge in [0.05, 0.1) is 0 Å². The maximum absolute atomic E-state index is 6.76. The van der Waals surface area contributed by atoms with Gasteiger partial charge in [0.2, 0.25) is 0 Å². The van der Waals surface area contributed by atoms with Crippen LogP contribution in [0.4, 0.5) is 0 Å². The average Bonchev–Trinajstić information content (AvgIpc) is 2.64. The van der Waals surface area contributed by atoms with Gasteiger partial charge in [0.15, 0.2) is 0 Å². The first-order valence-electron chi connectivity index (χ1n) is 7.23. The molecule has 5 heterocycles. The summed E-state index contributed by atoms with van der Waals surface area (Å²) in [6.07, 6.45) is 3.88. The van der Waals surface area contributed by atoms with Gasteiger partial charge in [-0.3, -0.25) is 4.98 Å². The van der Waals surface area contributed by atoms with E-state index in [9.17, 15) is 0 Å². The molecule has 4 nitrogen and oxygen atoms in total. The Morgan fingerprint density at radius 1 is 1.21 bits per heavy atom. The third-order valence-electron chi connectivity index (χ3n) is 5.50. The molecule has 1 aromatic heterocycles. The van der Waals surface area contributed by atoms with Crippen LogP contribution < -0.4 is 5.73 Å². The van der Waals surface area contributed by atoms with Crippen LogP contribution in [0.5, 0.6) is 0 Å². The number of nitrogens with two attached hydrogens (primary N) is 1. The number of aromatic nitrogens is 1. The molecule has 0 spiro atoms. The summed E-state index contributed by atoms with van der Waals surface area (Å²) in [5.41, 5.74) is 8.36. The summed E-state index contributed by atoms with van der Waals surface area (Å²) in [6.45, 7) is 9.21. The summed E-state index contributed by atoms with van der Waals surface area (Å²) in [5, 5.41) is 0. The van der Waals surface area contributed by atoms with Gasteiger partial charge in [-0.05, 0) is 11.6 Å². The molecule has 3 atom stereocenters. The van der Waals surface area contributed by atoms with Crippen LogP contribution in [0.1, 0.15) is 12.5 Å². The van der Waals surface area contributed by atoms with Gasteiger partial charge in [0.1, 0.15) is 0 Å². The Morgan fingerprint density at radius 2 is 1.89 bits per heavy atom. The lowest BCUT2D eigenvalue weighted by atomic mass is 9.59. The van der Waals surface area contributed by atoms with Crippen molar-refractivity contribution < 1.29 is 0 Å². The zero-order valence-electron chi connectivity index (χ0n) is 11.5. The Bertz CT molecular complexity index is 470. The van der Waals surface area contributed by atoms with E-state index in [2.05, 4.69) is 27.8 Å². The third-order valence-corrected chi connectivity index (χ3v) is 5.50. The molecule has 102 valence electrons. The molecule has 1 aromatic rings. The van der Waals surface area contributed by atoms with Crippen LogP contribution in [0.15, 0.2) is 24.5 Å². The molecule has 0 aromatic carbocycles. The Morgan fingerprint density at radius 3 is 2.47 bits per heavy atom. The van der Waals surface area contributed by atoms with E-state index in [1.807, 2.05) is 18.5 Å². The van der Waals surface area contributed by atoms with Crippen LogP contribution in [-0.4, -0.2) is 60.1 Å². The summed E-state index contributed by atoms with van der Waals surface area (Å²) < 4.78 is 0. The van der Waals surface area contributed by atoms with E-state index in [0.29, 0.717) is 0 Å². The molecular weight excluding hydrogens is 236 g/mol. The van der Waals surface area contributed by atoms with Crippen LogP contribution in [0.2, 0.25) is 0 Å². The van der Waals surface area contributed by atoms with E-state index < -0.39 is 0 Å². The van der Waals surface area contributed by atoms with E-state index in [4.69, 9.17) is 5.73 Å². The van der Waals surface area contributed by atoms with E-state index >= 15 is 0 Å². The largest absolute Gasteiger partial charge is 0.326 e. The molecule has 4 aliphatic heterocycles. The fourth-order valence-corrected chi connectivity index (χ4v) is 4.71. The van der Waals surface area contributed by atoms with Gasteiger partial charge in [-0.1, -0.05) is 13.0 Å². The Labute approximate surface area is 114 Å². The predicted molar refractivity (Wildman–Crippen MR) is 74.9 cm³/mol. The van der Waals surface area contributed by atoms with Crippen molar-refractivity contribution in [1.29, 1.82) is 0 Å². The average molecular weight is 258 g/mol. The summed E-state index contributed by atoms with van der Waals surface area (Å²) in [6, 6.07) is 4.49. The van der Waals surface area contributed by atoms with E-state index in [-0.39, 0.29) is 16.9 Å². The van der Waals surface area contributed by atoms with Gasteiger partial charge in [-0.25, -0.2) is 0 Å². The van der Waals surface area contributed by atoms with Gasteiger partial charge in [0.25, 0.3) is 0 Å². The summed E-state index contributed by atoms with van der Waals surface area (Å²) in [4.78, 5) is 9.57. The molecule has 2 N–H and O–H groups in total. The third kappa shape index (κ3) is 1.54. The monoisotopic (exact) mass is 258 g/mol. The molecule has 4 fully saturated rings. The minimum atomic E-state index is 0.0655. The first-order chi connectivity index (χ1) is 9.12. The number of piperidine rings is 2. The van der Waals surface area contributed by atoms with Gasteiger partial charge in [-0.15, -0.1) is 0 Å². The minimum absolute atomic E-state index is 0.0655. The SMILES string of the molecule is CC12CN3CCN(C1)CC(c1cccnc1)(C3)C2N. The normalized spacial score (nSPS) is 48.2. The zero-order valence-corrected chi connectivity index (χ0v) is 11.5. The molecule has 0 saturated carbocycles. The second-order valence-corrected chi connectivity index (χ2v) is 6.95. The molecule has 0 aliphatic carbocycles. The predicted octanol–water partition coefficient (Wildman–Crippen LogP) is 0.298. The fourth-order valence-electron chi connectivity index (χ4n) is 4.71. The van der Waals surface area contributed by atoms with Crippen molar-refractivity contribution in [2.24, 2.45) is 11.1 Å². The topological polar surface area (TPSA) is 45.4 Å². The maximum atomic E-state index is 6.76. The second kappa shape index (κ2) is 3.78. The summed E-state index contributed by atoms with van der Waals surface area (Å²) in [7, 11) is 0. The maximum Gasteiger partial charge on any atom is 0.0379 e. The molecule has 0 radical (unpaired) electrons. The van der Waals surface area contributed by atoms with Crippen molar-refractivity contribution in [1.82, 2.24) is 14.8 Å². The van der Waals surface area contributed by atoms with Gasteiger partial charge in [0, 0.05) is 68.5 Å². The highest BCUT2D eigenvalue weighted by atomic mass is 15.3. The Balaban J connectivity index is 1.87. The van der Waals surface area contributed by atoms with Gasteiger partial charge < -0.3 is 15.5 Å². The quantitative estimate of drug-likeness (QED) is 0.787. The lowest BCUT2D eigenvalue weighted by Crippen LogP contribution is -2.73. The number of hydrogen-bond donors (Lipinski definition) is 1. The van der Waals surface area contributed by atoms with Gasteiger partial charge in [-0.2, -0.15) is 0 Å². The number of pyridine rings is 1. The summed E-state index contributed by atoms with van der Waals surface area (Å²) >= 11 is 0. The first kappa shape index (κ1) is 11.8. The first-order valence-corrected chi connectivity index (χ1v) is 7.23. The summed E-state index contributed by atoms with van der Waals surface area (Å²) in [5.74, 6) is 0. The molecule has 19 heavy (non-hydrogen) atoms. The van der Waals surface area contributed by atoms with Crippen molar-refractivity contribution in [3.63, 3.8) is 0 Å². The van der Waals surface area contributed by atoms with Crippen molar-refractivity contribution in [2.75, 3.05) is 39.3 Å². The van der Waals surface area contributed by atoms with Crippen molar-refractivity contribution in [2.45, 2.75) is 18.4 Å². The number of nitrogens with zero attached hydrogens (tertiary/aromatic N) is 3. The Hall–Kier alpha value is -0.970. The highest BCUT2D eigenvalue weighted by Gasteiger charge is 2.58. The molecule has 4 bridgehead atoms. The molecule has 3 unspecified atom stereocenters. The Kier molecular flexibility index (Phi) is 2.35. The highest BCUT2D eigenvalue weighted by molar-refractivity contribution is 5.32. The van der Waals surface area contributed by atoms with Crippen LogP contribution in [0, 0.1) is 5.41 Å². The second-order valence-electron chi connectivity index (χ2n) is 6.95. The van der Waals surface area contributed by atoms with Crippen molar-refractivity contribution in [3.05, 3.63) is 30.1 Å². The van der Waals surface area contributed by atoms with Crippen LogP contribution in [-0.2, 0) is 5.41 Å². The number of hydrogen-bond acceptors (Lipinski definition) is 4. The van der Waals surface area contributed by atoms with E-state index in [1.54, 1.807) is 0 Å². The molecular formula is C15H22N4. The smallest absolute Gasteiger partial charge is 0.0379 e. The van der Waals surface area contributed by atoms with Gasteiger partial charge >= 0.3 is 0 Å². The lowest BCUT2D eigenvalue weighted by Gasteiger charge is -2.59. The standard InChI is InChI=1S/C15H22N4/c1-14-8-18-5-6-19(9-14)11-15(10-18,13(14)16)12-3-2-4-17-7-12/h2-4,7,13H,5-6,8-11,16H2,1H3. The molecule has 4 aliphatic rings. The minimum Gasteiger partial charge on any atom is -0.326 e. The fraction of sp³-hybridized carbons (Fsp3) is 0.667. The lowest BCUT2D eigenvalue weighted by molar-refractivity contribution is -0.0265. The van der Waals surface area contributed by atoms with Crippen molar-refractivity contribution in [3.8, 4) is 0 Å². The van der Waals surface area contributed by atoms with E-state index in [0.717, 1.165) is 26.2 Å². The zero-order chi connectivity index (χ0) is 13.1. The highest BCUT2D eigenvalue weighted by Crippen LogP contribution is 2.47. The molecule has 5 rings (SSSR count). The van der Waals surface area contributed by atoms with Crippen LogP contribution in [0.3, 0.4) is 0 Å². The van der Waals surface area contributed by atoms with Crippen molar-refractivity contribution >= 4 is 0 Å². The molecule has 4 heteroatoms. The number of rotatable bonds is 1.